The molecule has 0 saturated carbocycles. The molecule has 0 spiro atoms. The molecule has 2 rings (SSSR count). The van der Waals surface area contributed by atoms with E-state index in [4.69, 9.17) is 0 Å². The molecule has 0 aromatic rings. The molecule has 2 aliphatic heterocycles. The van der Waals surface area contributed by atoms with E-state index in [0.29, 0.717) is 6.54 Å². The fraction of sp³-hybridized carbons (Fsp3) is 0.923. The van der Waals surface area contributed by atoms with Crippen LogP contribution in [0.2, 0.25) is 0 Å². The third-order valence-electron chi connectivity index (χ3n) is 3.98. The first-order valence-electron chi connectivity index (χ1n) is 6.72. The molecule has 2 fully saturated rings. The maximum absolute atomic E-state index is 12.1. The van der Waals surface area contributed by atoms with Gasteiger partial charge in [-0.15, -0.1) is 0 Å². The lowest BCUT2D eigenvalue weighted by Crippen LogP contribution is -2.49. The van der Waals surface area contributed by atoms with E-state index in [1.807, 2.05) is 18.7 Å². The highest BCUT2D eigenvalue weighted by Crippen LogP contribution is 2.26. The van der Waals surface area contributed by atoms with Gasteiger partial charge in [-0.2, -0.15) is 0 Å². The molecule has 17 heavy (non-hydrogen) atoms. The normalized spacial score (nSPS) is 26.8. The maximum atomic E-state index is 12.1. The van der Waals surface area contributed by atoms with E-state index in [-0.39, 0.29) is 11.9 Å². The van der Waals surface area contributed by atoms with Gasteiger partial charge in [0, 0.05) is 19.1 Å². The van der Waals surface area contributed by atoms with Crippen molar-refractivity contribution in [3.05, 3.63) is 0 Å². The highest BCUT2D eigenvalue weighted by Gasteiger charge is 2.37. The minimum Gasteiger partial charge on any atom is -0.389 e. The van der Waals surface area contributed by atoms with Crippen LogP contribution < -0.4 is 0 Å². The molecule has 2 heterocycles. The van der Waals surface area contributed by atoms with Gasteiger partial charge in [0.25, 0.3) is 0 Å². The third-order valence-corrected chi connectivity index (χ3v) is 3.98. The molecule has 98 valence electrons. The van der Waals surface area contributed by atoms with E-state index < -0.39 is 5.60 Å². The molecule has 4 nitrogen and oxygen atoms in total. The van der Waals surface area contributed by atoms with E-state index in [1.54, 1.807) is 0 Å². The number of rotatable bonds is 3. The van der Waals surface area contributed by atoms with Gasteiger partial charge in [0.2, 0.25) is 5.91 Å². The Balaban J connectivity index is 1.91. The summed E-state index contributed by atoms with van der Waals surface area (Å²) in [6, 6.07) is 0.133. The van der Waals surface area contributed by atoms with Crippen LogP contribution in [-0.2, 0) is 4.79 Å². The van der Waals surface area contributed by atoms with Crippen LogP contribution in [0.15, 0.2) is 0 Å². The minimum atomic E-state index is -0.707. The number of carbonyl (C=O) groups is 1. The van der Waals surface area contributed by atoms with Crippen LogP contribution in [0.4, 0.5) is 0 Å². The van der Waals surface area contributed by atoms with Crippen molar-refractivity contribution in [2.45, 2.75) is 51.2 Å². The van der Waals surface area contributed by atoms with Crippen molar-refractivity contribution in [2.75, 3.05) is 26.2 Å². The average molecular weight is 240 g/mol. The summed E-state index contributed by atoms with van der Waals surface area (Å²) in [7, 11) is 0. The first kappa shape index (κ1) is 12.8. The standard InChI is InChI=1S/C13H24N2O2/c1-13(2,17)11-6-5-9-15(11)10-12(16)14-7-3-4-8-14/h11,17H,3-10H2,1-2H3. The summed E-state index contributed by atoms with van der Waals surface area (Å²) >= 11 is 0. The van der Waals surface area contributed by atoms with Crippen LogP contribution in [0.25, 0.3) is 0 Å². The zero-order valence-electron chi connectivity index (χ0n) is 11.0. The molecule has 0 bridgehead atoms. The van der Waals surface area contributed by atoms with Crippen molar-refractivity contribution in [1.82, 2.24) is 9.80 Å². The lowest BCUT2D eigenvalue weighted by molar-refractivity contribution is -0.132. The summed E-state index contributed by atoms with van der Waals surface area (Å²) in [6.07, 6.45) is 4.36. The lowest BCUT2D eigenvalue weighted by Gasteiger charge is -2.34. The number of hydrogen-bond acceptors (Lipinski definition) is 3. The first-order valence-corrected chi connectivity index (χ1v) is 6.72. The number of carbonyl (C=O) groups excluding carboxylic acids is 1. The molecule has 0 aromatic heterocycles. The summed E-state index contributed by atoms with van der Waals surface area (Å²) in [4.78, 5) is 16.2. The van der Waals surface area contributed by atoms with Crippen molar-refractivity contribution >= 4 is 5.91 Å². The quantitative estimate of drug-likeness (QED) is 0.795. The second kappa shape index (κ2) is 4.94. The Hall–Kier alpha value is -0.610. The molecular formula is C13H24N2O2. The topological polar surface area (TPSA) is 43.8 Å². The van der Waals surface area contributed by atoms with Gasteiger partial charge in [0.15, 0.2) is 0 Å². The van der Waals surface area contributed by atoms with Gasteiger partial charge in [-0.1, -0.05) is 0 Å². The molecule has 1 atom stereocenters. The molecule has 1 unspecified atom stereocenters. The van der Waals surface area contributed by atoms with Crippen molar-refractivity contribution in [3.63, 3.8) is 0 Å². The summed E-state index contributed by atoms with van der Waals surface area (Å²) in [5, 5.41) is 10.1. The fourth-order valence-corrected chi connectivity index (χ4v) is 3.06. The van der Waals surface area contributed by atoms with E-state index in [0.717, 1.165) is 45.3 Å². The molecule has 0 aromatic carbocycles. The molecule has 2 aliphatic rings. The number of amides is 1. The van der Waals surface area contributed by atoms with E-state index in [9.17, 15) is 9.90 Å². The summed E-state index contributed by atoms with van der Waals surface area (Å²) < 4.78 is 0. The SMILES string of the molecule is CC(C)(O)C1CCCN1CC(=O)N1CCCC1. The molecular weight excluding hydrogens is 216 g/mol. The largest absolute Gasteiger partial charge is 0.389 e. The van der Waals surface area contributed by atoms with Crippen LogP contribution in [0.5, 0.6) is 0 Å². The predicted molar refractivity (Wildman–Crippen MR) is 66.7 cm³/mol. The molecule has 0 aliphatic carbocycles. The molecule has 2 saturated heterocycles. The molecule has 0 radical (unpaired) electrons. The highest BCUT2D eigenvalue weighted by atomic mass is 16.3. The number of nitrogens with zero attached hydrogens (tertiary/aromatic N) is 2. The van der Waals surface area contributed by atoms with Gasteiger partial charge in [0.1, 0.15) is 0 Å². The Morgan fingerprint density at radius 1 is 1.24 bits per heavy atom. The van der Waals surface area contributed by atoms with E-state index >= 15 is 0 Å². The van der Waals surface area contributed by atoms with Crippen LogP contribution in [0.1, 0.15) is 39.5 Å². The Morgan fingerprint density at radius 2 is 1.88 bits per heavy atom. The number of likely N-dealkylation sites (tertiary alicyclic amines) is 2. The van der Waals surface area contributed by atoms with Crippen molar-refractivity contribution in [1.29, 1.82) is 0 Å². The first-order chi connectivity index (χ1) is 7.98. The van der Waals surface area contributed by atoms with E-state index in [2.05, 4.69) is 4.90 Å². The van der Waals surface area contributed by atoms with Crippen LogP contribution in [-0.4, -0.2) is 58.6 Å². The number of aliphatic hydroxyl groups is 1. The van der Waals surface area contributed by atoms with Gasteiger partial charge in [0.05, 0.1) is 12.1 Å². The smallest absolute Gasteiger partial charge is 0.236 e. The second-order valence-electron chi connectivity index (χ2n) is 5.87. The molecule has 1 N–H and O–H groups in total. The van der Waals surface area contributed by atoms with Crippen molar-refractivity contribution in [2.24, 2.45) is 0 Å². The molecule has 1 amide bonds. The van der Waals surface area contributed by atoms with E-state index in [1.165, 1.54) is 0 Å². The zero-order chi connectivity index (χ0) is 12.5. The zero-order valence-corrected chi connectivity index (χ0v) is 11.0. The Bertz CT molecular complexity index is 280. The van der Waals surface area contributed by atoms with Gasteiger partial charge < -0.3 is 10.0 Å². The van der Waals surface area contributed by atoms with Crippen molar-refractivity contribution in [3.8, 4) is 0 Å². The summed E-state index contributed by atoms with van der Waals surface area (Å²) in [5.74, 6) is 0.235. The average Bonchev–Trinajstić information content (AvgIpc) is 2.85. The second-order valence-corrected chi connectivity index (χ2v) is 5.87. The van der Waals surface area contributed by atoms with Crippen LogP contribution >= 0.6 is 0 Å². The van der Waals surface area contributed by atoms with Gasteiger partial charge in [-0.05, 0) is 46.1 Å². The Morgan fingerprint density at radius 3 is 2.47 bits per heavy atom. The Kier molecular flexibility index (Phi) is 3.73. The molecule has 4 heteroatoms. The van der Waals surface area contributed by atoms with Gasteiger partial charge in [-0.3, -0.25) is 9.69 Å². The minimum absolute atomic E-state index is 0.133. The van der Waals surface area contributed by atoms with Gasteiger partial charge >= 0.3 is 0 Å². The maximum Gasteiger partial charge on any atom is 0.236 e. The summed E-state index contributed by atoms with van der Waals surface area (Å²) in [5.41, 5.74) is -0.707. The third kappa shape index (κ3) is 2.99. The van der Waals surface area contributed by atoms with Crippen molar-refractivity contribution < 1.29 is 9.90 Å². The van der Waals surface area contributed by atoms with Crippen LogP contribution in [0.3, 0.4) is 0 Å². The van der Waals surface area contributed by atoms with Crippen LogP contribution in [0, 0.1) is 0 Å². The monoisotopic (exact) mass is 240 g/mol. The fourth-order valence-electron chi connectivity index (χ4n) is 3.06. The number of hydrogen-bond donors (Lipinski definition) is 1. The summed E-state index contributed by atoms with van der Waals surface area (Å²) in [6.45, 7) is 6.94. The predicted octanol–water partition coefficient (Wildman–Crippen LogP) is 0.844. The van der Waals surface area contributed by atoms with Gasteiger partial charge in [-0.25, -0.2) is 0 Å². The lowest BCUT2D eigenvalue weighted by atomic mass is 9.97. The highest BCUT2D eigenvalue weighted by molar-refractivity contribution is 5.78. The Labute approximate surface area is 104 Å².